The number of nitrogens with one attached hydrogen (secondary N) is 1. The second-order valence-electron chi connectivity index (χ2n) is 3.37. The number of esters is 1. The van der Waals surface area contributed by atoms with Gasteiger partial charge in [0.1, 0.15) is 0 Å². The van der Waals surface area contributed by atoms with Gasteiger partial charge in [-0.2, -0.15) is 0 Å². The lowest BCUT2D eigenvalue weighted by Crippen LogP contribution is -2.44. The number of nitrogens with zero attached hydrogens (tertiary/aromatic N) is 1. The van der Waals surface area contributed by atoms with Gasteiger partial charge in [0.2, 0.25) is 0 Å². The van der Waals surface area contributed by atoms with E-state index in [1.54, 1.807) is 5.38 Å². The summed E-state index contributed by atoms with van der Waals surface area (Å²) >= 11 is 1.46. The zero-order valence-electron chi connectivity index (χ0n) is 7.95. The molecular weight excluding hydrogens is 200 g/mol. The van der Waals surface area contributed by atoms with E-state index >= 15 is 0 Å². The van der Waals surface area contributed by atoms with Gasteiger partial charge in [-0.05, 0) is 6.92 Å². The summed E-state index contributed by atoms with van der Waals surface area (Å²) in [6, 6.07) is 0. The fourth-order valence-corrected chi connectivity index (χ4v) is 1.77. The molecule has 5 heteroatoms. The Morgan fingerprint density at radius 1 is 1.79 bits per heavy atom. The second kappa shape index (κ2) is 4.06. The molecule has 1 aliphatic rings. The van der Waals surface area contributed by atoms with Gasteiger partial charge in [0.15, 0.2) is 5.69 Å². The topological polar surface area (TPSA) is 51.2 Å². The third-order valence-corrected chi connectivity index (χ3v) is 2.92. The van der Waals surface area contributed by atoms with Crippen molar-refractivity contribution < 1.29 is 9.53 Å². The third kappa shape index (κ3) is 2.10. The number of hydrogen-bond acceptors (Lipinski definition) is 5. The summed E-state index contributed by atoms with van der Waals surface area (Å²) < 4.78 is 5.11. The largest absolute Gasteiger partial charge is 0.461 e. The summed E-state index contributed by atoms with van der Waals surface area (Å²) in [6.07, 6.45) is 0. The number of ether oxygens (including phenoxy) is 1. The van der Waals surface area contributed by atoms with Crippen LogP contribution in [0, 0.1) is 12.8 Å². The average Bonchev–Trinajstić information content (AvgIpc) is 2.49. The van der Waals surface area contributed by atoms with Crippen molar-refractivity contribution in [3.05, 3.63) is 16.1 Å². The number of rotatable bonds is 3. The van der Waals surface area contributed by atoms with Crippen molar-refractivity contribution in [2.24, 2.45) is 5.92 Å². The lowest BCUT2D eigenvalue weighted by atomic mass is 10.1. The van der Waals surface area contributed by atoms with Crippen molar-refractivity contribution in [1.29, 1.82) is 0 Å². The van der Waals surface area contributed by atoms with Crippen molar-refractivity contribution in [3.63, 3.8) is 0 Å². The molecule has 1 aliphatic heterocycles. The van der Waals surface area contributed by atoms with Gasteiger partial charge in [0.05, 0.1) is 11.6 Å². The van der Waals surface area contributed by atoms with E-state index in [4.69, 9.17) is 4.74 Å². The Kier molecular flexibility index (Phi) is 2.79. The van der Waals surface area contributed by atoms with Crippen LogP contribution in [0.25, 0.3) is 0 Å². The van der Waals surface area contributed by atoms with Crippen LogP contribution in [0.4, 0.5) is 0 Å². The monoisotopic (exact) mass is 212 g/mol. The highest BCUT2D eigenvalue weighted by atomic mass is 32.1. The zero-order valence-corrected chi connectivity index (χ0v) is 8.76. The summed E-state index contributed by atoms with van der Waals surface area (Å²) in [6.45, 7) is 4.27. The van der Waals surface area contributed by atoms with Gasteiger partial charge >= 0.3 is 5.97 Å². The van der Waals surface area contributed by atoms with Gasteiger partial charge in [-0.15, -0.1) is 11.3 Å². The SMILES string of the molecule is Cc1nc(C(=O)OCC2CNC2)cs1. The van der Waals surface area contributed by atoms with Crippen LogP contribution < -0.4 is 5.32 Å². The maximum absolute atomic E-state index is 11.4. The van der Waals surface area contributed by atoms with Crippen molar-refractivity contribution >= 4 is 17.3 Å². The third-order valence-electron chi connectivity index (χ3n) is 2.14. The standard InChI is InChI=1S/C9H12N2O2S/c1-6-11-8(5-14-6)9(12)13-4-7-2-10-3-7/h5,7,10H,2-4H2,1H3. The highest BCUT2D eigenvalue weighted by molar-refractivity contribution is 7.09. The van der Waals surface area contributed by atoms with Gasteiger partial charge in [0.25, 0.3) is 0 Å². The van der Waals surface area contributed by atoms with Gasteiger partial charge in [-0.25, -0.2) is 9.78 Å². The average molecular weight is 212 g/mol. The number of thiazole rings is 1. The first kappa shape index (κ1) is 9.61. The van der Waals surface area contributed by atoms with Crippen molar-refractivity contribution in [2.75, 3.05) is 19.7 Å². The number of carbonyl (C=O) groups is 1. The van der Waals surface area contributed by atoms with E-state index in [1.165, 1.54) is 11.3 Å². The van der Waals surface area contributed by atoms with Gasteiger partial charge in [0, 0.05) is 24.4 Å². The molecule has 0 saturated carbocycles. The van der Waals surface area contributed by atoms with E-state index in [2.05, 4.69) is 10.3 Å². The molecule has 0 spiro atoms. The normalized spacial score (nSPS) is 16.4. The van der Waals surface area contributed by atoms with Crippen LogP contribution in [-0.4, -0.2) is 30.6 Å². The Hall–Kier alpha value is -0.940. The van der Waals surface area contributed by atoms with Crippen molar-refractivity contribution in [2.45, 2.75) is 6.92 Å². The fourth-order valence-electron chi connectivity index (χ4n) is 1.19. The van der Waals surface area contributed by atoms with Gasteiger partial charge < -0.3 is 10.1 Å². The van der Waals surface area contributed by atoms with Crippen molar-refractivity contribution in [3.8, 4) is 0 Å². The minimum absolute atomic E-state index is 0.304. The molecule has 1 aromatic heterocycles. The predicted molar refractivity (Wildman–Crippen MR) is 53.5 cm³/mol. The number of aromatic nitrogens is 1. The molecule has 2 rings (SSSR count). The number of carbonyl (C=O) groups excluding carboxylic acids is 1. The molecule has 0 amide bonds. The Morgan fingerprint density at radius 3 is 3.07 bits per heavy atom. The zero-order chi connectivity index (χ0) is 9.97. The van der Waals surface area contributed by atoms with Crippen LogP contribution in [0.15, 0.2) is 5.38 Å². The Morgan fingerprint density at radius 2 is 2.57 bits per heavy atom. The minimum atomic E-state index is -0.304. The summed E-state index contributed by atoms with van der Waals surface area (Å²) in [5, 5.41) is 5.75. The first-order valence-corrected chi connectivity index (χ1v) is 5.43. The minimum Gasteiger partial charge on any atom is -0.461 e. The predicted octanol–water partition coefficient (Wildman–Crippen LogP) is 0.828. The van der Waals surface area contributed by atoms with E-state index in [-0.39, 0.29) is 5.97 Å². The molecule has 0 radical (unpaired) electrons. The molecule has 0 aliphatic carbocycles. The summed E-state index contributed by atoms with van der Waals surface area (Å²) in [5.41, 5.74) is 0.430. The van der Waals surface area contributed by atoms with Gasteiger partial charge in [-0.3, -0.25) is 0 Å². The van der Waals surface area contributed by atoms with E-state index in [9.17, 15) is 4.79 Å². The maximum Gasteiger partial charge on any atom is 0.357 e. The fraction of sp³-hybridized carbons (Fsp3) is 0.556. The van der Waals surface area contributed by atoms with Crippen LogP contribution >= 0.6 is 11.3 Å². The Bertz CT molecular complexity index is 333. The molecule has 1 aromatic rings. The van der Waals surface area contributed by atoms with Crippen molar-refractivity contribution in [1.82, 2.24) is 10.3 Å². The van der Waals surface area contributed by atoms with E-state index in [0.717, 1.165) is 18.1 Å². The molecule has 4 nitrogen and oxygen atoms in total. The van der Waals surface area contributed by atoms with Crippen LogP contribution in [0.1, 0.15) is 15.5 Å². The summed E-state index contributed by atoms with van der Waals surface area (Å²) in [5.74, 6) is 0.180. The first-order valence-electron chi connectivity index (χ1n) is 4.55. The Balaban J connectivity index is 1.82. The lowest BCUT2D eigenvalue weighted by molar-refractivity contribution is 0.0392. The first-order chi connectivity index (χ1) is 6.75. The smallest absolute Gasteiger partial charge is 0.357 e. The lowest BCUT2D eigenvalue weighted by Gasteiger charge is -2.26. The van der Waals surface area contributed by atoms with Crippen LogP contribution in [0.2, 0.25) is 0 Å². The molecule has 1 fully saturated rings. The van der Waals surface area contributed by atoms with E-state index in [1.807, 2.05) is 6.92 Å². The van der Waals surface area contributed by atoms with Gasteiger partial charge in [-0.1, -0.05) is 0 Å². The molecule has 76 valence electrons. The highest BCUT2D eigenvalue weighted by Gasteiger charge is 2.19. The van der Waals surface area contributed by atoms with Crippen LogP contribution in [-0.2, 0) is 4.74 Å². The summed E-state index contributed by atoms with van der Waals surface area (Å²) in [7, 11) is 0. The molecule has 0 bridgehead atoms. The molecule has 1 N–H and O–H groups in total. The quantitative estimate of drug-likeness (QED) is 0.754. The highest BCUT2D eigenvalue weighted by Crippen LogP contribution is 2.10. The maximum atomic E-state index is 11.4. The molecular formula is C9H12N2O2S. The number of hydrogen-bond donors (Lipinski definition) is 1. The molecule has 14 heavy (non-hydrogen) atoms. The molecule has 0 aromatic carbocycles. The van der Waals surface area contributed by atoms with Crippen LogP contribution in [0.5, 0.6) is 0 Å². The number of aryl methyl sites for hydroxylation is 1. The summed E-state index contributed by atoms with van der Waals surface area (Å²) in [4.78, 5) is 15.5. The molecule has 0 atom stereocenters. The molecule has 0 unspecified atom stereocenters. The van der Waals surface area contributed by atoms with E-state index in [0.29, 0.717) is 18.2 Å². The second-order valence-corrected chi connectivity index (χ2v) is 4.44. The van der Waals surface area contributed by atoms with E-state index < -0.39 is 0 Å². The van der Waals surface area contributed by atoms with Crippen LogP contribution in [0.3, 0.4) is 0 Å². The Labute approximate surface area is 86.3 Å². The molecule has 2 heterocycles. The molecule has 1 saturated heterocycles.